The number of carbonyl (C=O) groups excluding carboxylic acids is 1. The van der Waals surface area contributed by atoms with Gasteiger partial charge in [0.25, 0.3) is 11.4 Å². The van der Waals surface area contributed by atoms with Crippen LogP contribution in [0.2, 0.25) is 0 Å². The van der Waals surface area contributed by atoms with Crippen molar-refractivity contribution in [2.24, 2.45) is 5.92 Å². The fraction of sp³-hybridized carbons (Fsp3) is 0.350. The number of halogens is 3. The van der Waals surface area contributed by atoms with Gasteiger partial charge in [-0.1, -0.05) is 6.07 Å². The maximum atomic E-state index is 12.9. The highest BCUT2D eigenvalue weighted by molar-refractivity contribution is 5.94. The van der Waals surface area contributed by atoms with Gasteiger partial charge in [-0.2, -0.15) is 13.2 Å². The van der Waals surface area contributed by atoms with Crippen molar-refractivity contribution in [3.05, 3.63) is 67.8 Å². The van der Waals surface area contributed by atoms with E-state index in [0.717, 1.165) is 12.1 Å². The van der Waals surface area contributed by atoms with Crippen LogP contribution in [-0.2, 0) is 11.0 Å². The number of rotatable bonds is 5. The molecule has 1 heterocycles. The monoisotopic (exact) mass is 452 g/mol. The van der Waals surface area contributed by atoms with Crippen LogP contribution in [0.4, 0.5) is 35.9 Å². The van der Waals surface area contributed by atoms with Crippen LogP contribution >= 0.6 is 0 Å². The first-order chi connectivity index (χ1) is 15.0. The predicted octanol–water partition coefficient (Wildman–Crippen LogP) is 4.69. The van der Waals surface area contributed by atoms with Crippen molar-refractivity contribution >= 4 is 28.7 Å². The van der Waals surface area contributed by atoms with E-state index in [9.17, 15) is 38.2 Å². The fourth-order valence-corrected chi connectivity index (χ4v) is 3.69. The molecule has 0 spiro atoms. The summed E-state index contributed by atoms with van der Waals surface area (Å²) in [5.74, 6) is -0.784. The van der Waals surface area contributed by atoms with Gasteiger partial charge in [0.1, 0.15) is 5.69 Å². The molecule has 1 N–H and O–H groups in total. The number of nitrogens with one attached hydrogen (secondary N) is 1. The number of nitro groups is 2. The van der Waals surface area contributed by atoms with Gasteiger partial charge in [-0.25, -0.2) is 0 Å². The summed E-state index contributed by atoms with van der Waals surface area (Å²) in [6.45, 7) is 2.00. The number of amides is 1. The zero-order valence-corrected chi connectivity index (χ0v) is 16.9. The van der Waals surface area contributed by atoms with Crippen molar-refractivity contribution in [1.82, 2.24) is 0 Å². The van der Waals surface area contributed by atoms with Gasteiger partial charge < -0.3 is 10.2 Å². The first-order valence-electron chi connectivity index (χ1n) is 9.64. The normalized spacial score (nSPS) is 14.8. The zero-order chi connectivity index (χ0) is 23.6. The number of nitro benzene ring substituents is 2. The molecular weight excluding hydrogens is 433 g/mol. The molecule has 1 amide bonds. The lowest BCUT2D eigenvalue weighted by atomic mass is 9.95. The summed E-state index contributed by atoms with van der Waals surface area (Å²) in [6, 6.07) is 6.74. The highest BCUT2D eigenvalue weighted by Crippen LogP contribution is 2.38. The van der Waals surface area contributed by atoms with E-state index in [1.165, 1.54) is 19.1 Å². The Morgan fingerprint density at radius 3 is 2.25 bits per heavy atom. The summed E-state index contributed by atoms with van der Waals surface area (Å²) in [5.41, 5.74) is -1.15. The lowest BCUT2D eigenvalue weighted by Gasteiger charge is -2.32. The topological polar surface area (TPSA) is 119 Å². The molecule has 0 radical (unpaired) electrons. The van der Waals surface area contributed by atoms with Crippen molar-refractivity contribution in [3.8, 4) is 0 Å². The molecule has 1 fully saturated rings. The number of hydrogen-bond acceptors (Lipinski definition) is 6. The zero-order valence-electron chi connectivity index (χ0n) is 16.9. The van der Waals surface area contributed by atoms with Crippen LogP contribution in [-0.4, -0.2) is 28.8 Å². The van der Waals surface area contributed by atoms with Crippen LogP contribution in [0.15, 0.2) is 36.4 Å². The Morgan fingerprint density at radius 2 is 1.69 bits per heavy atom. The molecule has 1 aliphatic heterocycles. The average molecular weight is 452 g/mol. The molecule has 0 aromatic heterocycles. The molecular formula is C20H19F3N4O5. The Kier molecular flexibility index (Phi) is 6.32. The third kappa shape index (κ3) is 4.79. The molecule has 0 aliphatic carbocycles. The van der Waals surface area contributed by atoms with Crippen molar-refractivity contribution in [3.63, 3.8) is 0 Å². The van der Waals surface area contributed by atoms with Gasteiger partial charge in [0.15, 0.2) is 0 Å². The molecule has 1 aliphatic rings. The number of anilines is 2. The summed E-state index contributed by atoms with van der Waals surface area (Å²) >= 11 is 0. The van der Waals surface area contributed by atoms with Crippen molar-refractivity contribution < 1.29 is 27.8 Å². The quantitative estimate of drug-likeness (QED) is 0.520. The molecule has 9 nitrogen and oxygen atoms in total. The van der Waals surface area contributed by atoms with E-state index in [0.29, 0.717) is 30.2 Å². The van der Waals surface area contributed by atoms with Crippen LogP contribution in [0.1, 0.15) is 24.0 Å². The molecule has 2 aromatic carbocycles. The number of benzene rings is 2. The van der Waals surface area contributed by atoms with E-state index >= 15 is 0 Å². The fourth-order valence-electron chi connectivity index (χ4n) is 3.69. The number of carbonyl (C=O) groups is 1. The van der Waals surface area contributed by atoms with Gasteiger partial charge in [-0.3, -0.25) is 25.0 Å². The third-order valence-electron chi connectivity index (χ3n) is 5.47. The summed E-state index contributed by atoms with van der Waals surface area (Å²) in [6.07, 6.45) is -4.06. The van der Waals surface area contributed by atoms with Gasteiger partial charge in [0, 0.05) is 31.1 Å². The Labute approximate surface area is 180 Å². The van der Waals surface area contributed by atoms with Crippen LogP contribution < -0.4 is 10.2 Å². The maximum Gasteiger partial charge on any atom is 0.416 e. The van der Waals surface area contributed by atoms with E-state index in [-0.39, 0.29) is 30.4 Å². The minimum atomic E-state index is -4.70. The standard InChI is InChI=1S/C20H19F3N4O5/c1-12-15(3-2-4-16(12)26(29)30)24-19(28)13-7-9-25(10-8-13)17-6-5-14(20(21,22)23)11-18(17)27(31)32/h2-6,11,13H,7-10H2,1H3,(H,24,28). The first kappa shape index (κ1) is 23.0. The van der Waals surface area contributed by atoms with Crippen molar-refractivity contribution in [2.75, 3.05) is 23.3 Å². The van der Waals surface area contributed by atoms with Crippen LogP contribution in [0, 0.1) is 33.1 Å². The van der Waals surface area contributed by atoms with Crippen LogP contribution in [0.25, 0.3) is 0 Å². The predicted molar refractivity (Wildman–Crippen MR) is 109 cm³/mol. The lowest BCUT2D eigenvalue weighted by molar-refractivity contribution is -0.385. The Hall–Kier alpha value is -3.70. The number of nitrogens with zero attached hydrogens (tertiary/aromatic N) is 3. The van der Waals surface area contributed by atoms with E-state index < -0.39 is 33.2 Å². The molecule has 0 saturated carbocycles. The van der Waals surface area contributed by atoms with E-state index in [1.807, 2.05) is 0 Å². The number of hydrogen-bond donors (Lipinski definition) is 1. The second-order valence-corrected chi connectivity index (χ2v) is 7.42. The van der Waals surface area contributed by atoms with Gasteiger partial charge in [0.2, 0.25) is 5.91 Å². The van der Waals surface area contributed by atoms with E-state index in [4.69, 9.17) is 0 Å². The summed E-state index contributed by atoms with van der Waals surface area (Å²) < 4.78 is 38.7. The summed E-state index contributed by atoms with van der Waals surface area (Å²) in [7, 11) is 0. The minimum Gasteiger partial charge on any atom is -0.366 e. The van der Waals surface area contributed by atoms with Crippen LogP contribution in [0.3, 0.4) is 0 Å². The molecule has 12 heteroatoms. The highest BCUT2D eigenvalue weighted by Gasteiger charge is 2.35. The van der Waals surface area contributed by atoms with E-state index in [1.54, 1.807) is 11.0 Å². The SMILES string of the molecule is Cc1c(NC(=O)C2CCN(c3ccc(C(F)(F)F)cc3[N+](=O)[O-])CC2)cccc1[N+](=O)[O-]. The summed E-state index contributed by atoms with van der Waals surface area (Å²) in [4.78, 5) is 35.2. The van der Waals surface area contributed by atoms with E-state index in [2.05, 4.69) is 5.32 Å². The second-order valence-electron chi connectivity index (χ2n) is 7.42. The second kappa shape index (κ2) is 8.81. The lowest BCUT2D eigenvalue weighted by Crippen LogP contribution is -2.38. The minimum absolute atomic E-state index is 0.0661. The molecule has 2 aromatic rings. The summed E-state index contributed by atoms with van der Waals surface area (Å²) in [5, 5.41) is 25.1. The maximum absolute atomic E-state index is 12.9. The largest absolute Gasteiger partial charge is 0.416 e. The van der Waals surface area contributed by atoms with Crippen LogP contribution in [0.5, 0.6) is 0 Å². The Balaban J connectivity index is 1.70. The number of alkyl halides is 3. The van der Waals surface area contributed by atoms with Crippen molar-refractivity contribution in [1.29, 1.82) is 0 Å². The molecule has 0 bridgehead atoms. The Bertz CT molecular complexity index is 1070. The molecule has 170 valence electrons. The molecule has 0 unspecified atom stereocenters. The Morgan fingerprint density at radius 1 is 1.06 bits per heavy atom. The van der Waals surface area contributed by atoms with Gasteiger partial charge in [-0.05, 0) is 38.0 Å². The smallest absolute Gasteiger partial charge is 0.366 e. The van der Waals surface area contributed by atoms with Gasteiger partial charge >= 0.3 is 6.18 Å². The van der Waals surface area contributed by atoms with Gasteiger partial charge in [0.05, 0.1) is 26.7 Å². The molecule has 32 heavy (non-hydrogen) atoms. The highest BCUT2D eigenvalue weighted by atomic mass is 19.4. The van der Waals surface area contributed by atoms with Crippen molar-refractivity contribution in [2.45, 2.75) is 25.9 Å². The first-order valence-corrected chi connectivity index (χ1v) is 9.64. The average Bonchev–Trinajstić information content (AvgIpc) is 2.74. The molecule has 0 atom stereocenters. The van der Waals surface area contributed by atoms with Gasteiger partial charge in [-0.15, -0.1) is 0 Å². The number of piperidine rings is 1. The molecule has 3 rings (SSSR count). The third-order valence-corrected chi connectivity index (χ3v) is 5.47. The molecule has 1 saturated heterocycles.